The molecule has 1 heterocycles. The molecule has 2 nitrogen and oxygen atoms in total. The van der Waals surface area contributed by atoms with E-state index in [1.54, 1.807) is 0 Å². The van der Waals surface area contributed by atoms with Crippen molar-refractivity contribution < 1.29 is 4.74 Å². The first-order valence-corrected chi connectivity index (χ1v) is 6.59. The summed E-state index contributed by atoms with van der Waals surface area (Å²) < 4.78 is 5.78. The van der Waals surface area contributed by atoms with Crippen LogP contribution in [0.2, 0.25) is 0 Å². The Bertz CT molecular complexity index is 400. The Morgan fingerprint density at radius 2 is 2.00 bits per heavy atom. The first-order valence-electron chi connectivity index (χ1n) is 6.59. The highest BCUT2D eigenvalue weighted by molar-refractivity contribution is 5.44. The Morgan fingerprint density at radius 1 is 1.29 bits per heavy atom. The van der Waals surface area contributed by atoms with E-state index in [0.29, 0.717) is 6.04 Å². The average Bonchev–Trinajstić information content (AvgIpc) is 2.70. The third-order valence-electron chi connectivity index (χ3n) is 3.65. The molecule has 0 saturated carbocycles. The summed E-state index contributed by atoms with van der Waals surface area (Å²) in [5, 5.41) is 3.59. The zero-order valence-electron chi connectivity index (χ0n) is 11.3. The maximum absolute atomic E-state index is 5.78. The number of benzene rings is 1. The predicted molar refractivity (Wildman–Crippen MR) is 71.6 cm³/mol. The Kier molecular flexibility index (Phi) is 3.72. The lowest BCUT2D eigenvalue weighted by Crippen LogP contribution is -2.15. The van der Waals surface area contributed by atoms with Gasteiger partial charge in [0.1, 0.15) is 5.75 Å². The molecule has 2 atom stereocenters. The van der Waals surface area contributed by atoms with Crippen molar-refractivity contribution in [2.75, 3.05) is 13.2 Å². The van der Waals surface area contributed by atoms with E-state index in [0.717, 1.165) is 24.8 Å². The first-order chi connectivity index (χ1) is 8.11. The lowest BCUT2D eigenvalue weighted by Gasteiger charge is -2.18. The van der Waals surface area contributed by atoms with Crippen LogP contribution in [-0.2, 0) is 0 Å². The Labute approximate surface area is 104 Å². The number of nitrogens with one attached hydrogen (secondary N) is 1. The van der Waals surface area contributed by atoms with Crippen molar-refractivity contribution >= 4 is 0 Å². The van der Waals surface area contributed by atoms with Gasteiger partial charge in [-0.25, -0.2) is 0 Å². The molecule has 1 aromatic carbocycles. The quantitative estimate of drug-likeness (QED) is 0.864. The highest BCUT2D eigenvalue weighted by Gasteiger charge is 2.25. The second-order valence-electron chi connectivity index (χ2n) is 5.21. The third-order valence-corrected chi connectivity index (χ3v) is 3.65. The van der Waals surface area contributed by atoms with E-state index in [2.05, 4.69) is 38.2 Å². The number of rotatable bonds is 3. The summed E-state index contributed by atoms with van der Waals surface area (Å²) in [4.78, 5) is 0. The summed E-state index contributed by atoms with van der Waals surface area (Å²) in [5.41, 5.74) is 3.99. The number of hydrogen-bond donors (Lipinski definition) is 1. The Balaban J connectivity index is 2.33. The van der Waals surface area contributed by atoms with Crippen LogP contribution >= 0.6 is 0 Å². The van der Waals surface area contributed by atoms with Crippen LogP contribution in [0.15, 0.2) is 12.1 Å². The molecule has 0 aromatic heterocycles. The molecule has 1 N–H and O–H groups in total. The van der Waals surface area contributed by atoms with Gasteiger partial charge in [0.25, 0.3) is 0 Å². The van der Waals surface area contributed by atoms with Crippen molar-refractivity contribution in [2.45, 2.75) is 40.2 Å². The fourth-order valence-electron chi connectivity index (χ4n) is 2.51. The average molecular weight is 233 g/mol. The summed E-state index contributed by atoms with van der Waals surface area (Å²) in [5.74, 6) is 1.82. The summed E-state index contributed by atoms with van der Waals surface area (Å²) >= 11 is 0. The van der Waals surface area contributed by atoms with Crippen molar-refractivity contribution in [3.05, 3.63) is 28.8 Å². The second kappa shape index (κ2) is 5.09. The van der Waals surface area contributed by atoms with Gasteiger partial charge in [0.15, 0.2) is 0 Å². The standard InChI is InChI=1S/C15H23NO/c1-5-17-15-8-12(4)11(3)7-13(15)14-6-10(2)9-16-14/h7-8,10,14,16H,5-6,9H2,1-4H3. The fraction of sp³-hybridized carbons (Fsp3) is 0.600. The van der Waals surface area contributed by atoms with Gasteiger partial charge >= 0.3 is 0 Å². The third kappa shape index (κ3) is 2.63. The molecule has 0 bridgehead atoms. The van der Waals surface area contributed by atoms with Crippen molar-refractivity contribution in [1.82, 2.24) is 5.32 Å². The van der Waals surface area contributed by atoms with Gasteiger partial charge in [0, 0.05) is 11.6 Å². The van der Waals surface area contributed by atoms with E-state index in [9.17, 15) is 0 Å². The topological polar surface area (TPSA) is 21.3 Å². The molecule has 1 saturated heterocycles. The molecular weight excluding hydrogens is 210 g/mol. The zero-order chi connectivity index (χ0) is 12.4. The molecule has 1 aromatic rings. The predicted octanol–water partition coefficient (Wildman–Crippen LogP) is 3.37. The van der Waals surface area contributed by atoms with Gasteiger partial charge < -0.3 is 10.1 Å². The minimum atomic E-state index is 0.464. The maximum Gasteiger partial charge on any atom is 0.124 e. The summed E-state index contributed by atoms with van der Waals surface area (Å²) in [6, 6.07) is 4.93. The molecule has 1 aliphatic rings. The lowest BCUT2D eigenvalue weighted by molar-refractivity contribution is 0.332. The minimum Gasteiger partial charge on any atom is -0.494 e. The van der Waals surface area contributed by atoms with Gasteiger partial charge in [-0.2, -0.15) is 0 Å². The van der Waals surface area contributed by atoms with Crippen LogP contribution in [0.25, 0.3) is 0 Å². The SMILES string of the molecule is CCOc1cc(C)c(C)cc1C1CC(C)CN1. The smallest absolute Gasteiger partial charge is 0.124 e. The van der Waals surface area contributed by atoms with Gasteiger partial charge in [0.05, 0.1) is 6.61 Å². The van der Waals surface area contributed by atoms with E-state index < -0.39 is 0 Å². The van der Waals surface area contributed by atoms with Gasteiger partial charge in [-0.1, -0.05) is 13.0 Å². The Morgan fingerprint density at radius 3 is 2.59 bits per heavy atom. The van der Waals surface area contributed by atoms with Crippen molar-refractivity contribution in [1.29, 1.82) is 0 Å². The maximum atomic E-state index is 5.78. The van der Waals surface area contributed by atoms with Crippen LogP contribution in [0.4, 0.5) is 0 Å². The second-order valence-corrected chi connectivity index (χ2v) is 5.21. The monoisotopic (exact) mass is 233 g/mol. The number of aryl methyl sites for hydroxylation is 2. The molecular formula is C15H23NO. The van der Waals surface area contributed by atoms with Gasteiger partial charge in [-0.15, -0.1) is 0 Å². The van der Waals surface area contributed by atoms with Crippen LogP contribution in [-0.4, -0.2) is 13.2 Å². The molecule has 17 heavy (non-hydrogen) atoms. The molecule has 2 rings (SSSR count). The normalized spacial score (nSPS) is 24.0. The minimum absolute atomic E-state index is 0.464. The van der Waals surface area contributed by atoms with Crippen LogP contribution < -0.4 is 10.1 Å². The summed E-state index contributed by atoms with van der Waals surface area (Å²) in [7, 11) is 0. The highest BCUT2D eigenvalue weighted by Crippen LogP contribution is 2.34. The lowest BCUT2D eigenvalue weighted by atomic mass is 9.96. The van der Waals surface area contributed by atoms with E-state index in [1.807, 2.05) is 6.92 Å². The van der Waals surface area contributed by atoms with Crippen LogP contribution in [0, 0.1) is 19.8 Å². The Hall–Kier alpha value is -1.02. The van der Waals surface area contributed by atoms with Crippen LogP contribution in [0.3, 0.4) is 0 Å². The molecule has 1 fully saturated rings. The van der Waals surface area contributed by atoms with Crippen LogP contribution in [0.5, 0.6) is 5.75 Å². The molecule has 2 heteroatoms. The zero-order valence-corrected chi connectivity index (χ0v) is 11.3. The van der Waals surface area contributed by atoms with Gasteiger partial charge in [0.2, 0.25) is 0 Å². The molecule has 0 amide bonds. The van der Waals surface area contributed by atoms with Crippen LogP contribution in [0.1, 0.15) is 43.0 Å². The van der Waals surface area contributed by atoms with Crippen molar-refractivity contribution in [2.24, 2.45) is 5.92 Å². The van der Waals surface area contributed by atoms with Gasteiger partial charge in [-0.05, 0) is 56.8 Å². The van der Waals surface area contributed by atoms with Crippen molar-refractivity contribution in [3.8, 4) is 5.75 Å². The number of hydrogen-bond acceptors (Lipinski definition) is 2. The fourth-order valence-corrected chi connectivity index (χ4v) is 2.51. The van der Waals surface area contributed by atoms with E-state index >= 15 is 0 Å². The van der Waals surface area contributed by atoms with E-state index in [-0.39, 0.29) is 0 Å². The van der Waals surface area contributed by atoms with Gasteiger partial charge in [-0.3, -0.25) is 0 Å². The molecule has 94 valence electrons. The number of ether oxygens (including phenoxy) is 1. The molecule has 0 aliphatic carbocycles. The summed E-state index contributed by atoms with van der Waals surface area (Å²) in [6.45, 7) is 10.5. The van der Waals surface area contributed by atoms with Crippen molar-refractivity contribution in [3.63, 3.8) is 0 Å². The molecule has 2 unspecified atom stereocenters. The molecule has 0 radical (unpaired) electrons. The highest BCUT2D eigenvalue weighted by atomic mass is 16.5. The van der Waals surface area contributed by atoms with E-state index in [1.165, 1.54) is 23.1 Å². The summed E-state index contributed by atoms with van der Waals surface area (Å²) in [6.07, 6.45) is 1.21. The largest absolute Gasteiger partial charge is 0.494 e. The molecule has 0 spiro atoms. The first kappa shape index (κ1) is 12.4. The van der Waals surface area contributed by atoms with E-state index in [4.69, 9.17) is 4.74 Å². The molecule has 1 aliphatic heterocycles.